The Morgan fingerprint density at radius 2 is 1.95 bits per heavy atom. The molecule has 1 aromatic rings. The van der Waals surface area contributed by atoms with Crippen molar-refractivity contribution in [2.24, 2.45) is 10.7 Å². The summed E-state index contributed by atoms with van der Waals surface area (Å²) >= 11 is 1.61. The number of nitrogens with zero attached hydrogens (tertiary/aromatic N) is 1. The summed E-state index contributed by atoms with van der Waals surface area (Å²) in [5.74, 6) is 0.536. The number of thiophene rings is 1. The normalized spacial score (nSPS) is 15.9. The lowest BCUT2D eigenvalue weighted by Gasteiger charge is -2.14. The van der Waals surface area contributed by atoms with Crippen molar-refractivity contribution >= 4 is 27.9 Å². The van der Waals surface area contributed by atoms with Crippen molar-refractivity contribution in [3.8, 4) is 0 Å². The lowest BCUT2D eigenvalue weighted by Crippen LogP contribution is -2.08. The Bertz CT molecular complexity index is 641. The van der Waals surface area contributed by atoms with Gasteiger partial charge in [-0.05, 0) is 51.7 Å². The molecule has 20 heavy (non-hydrogen) atoms. The molecule has 0 atom stereocenters. The molecule has 2 rings (SSSR count). The van der Waals surface area contributed by atoms with Crippen molar-refractivity contribution in [3.63, 3.8) is 0 Å². The highest BCUT2D eigenvalue weighted by molar-refractivity contribution is 7.16. The summed E-state index contributed by atoms with van der Waals surface area (Å²) in [6, 6.07) is 0. The standard InChI is InChI=1S/C16H21N3S/c1-9-5-7-13(8-6-9)15(18)14-10(2)11(3)20-16(14)19-12(4)17/h5,7,18H,6,8H2,1-4H3,(H2,17,19). The summed E-state index contributed by atoms with van der Waals surface area (Å²) < 4.78 is 0. The van der Waals surface area contributed by atoms with Crippen molar-refractivity contribution in [2.75, 3.05) is 0 Å². The minimum absolute atomic E-state index is 0.536. The van der Waals surface area contributed by atoms with Gasteiger partial charge in [-0.25, -0.2) is 4.99 Å². The van der Waals surface area contributed by atoms with Crippen LogP contribution in [0.15, 0.2) is 28.3 Å². The second-order valence-corrected chi connectivity index (χ2v) is 6.50. The molecular formula is C16H21N3S. The van der Waals surface area contributed by atoms with E-state index in [-0.39, 0.29) is 0 Å². The zero-order valence-electron chi connectivity index (χ0n) is 12.5. The van der Waals surface area contributed by atoms with Gasteiger partial charge in [-0.15, -0.1) is 11.3 Å². The lowest BCUT2D eigenvalue weighted by molar-refractivity contribution is 0.935. The van der Waals surface area contributed by atoms with Crippen LogP contribution >= 0.6 is 11.3 Å². The zero-order chi connectivity index (χ0) is 14.9. The van der Waals surface area contributed by atoms with Gasteiger partial charge in [-0.1, -0.05) is 17.7 Å². The fourth-order valence-electron chi connectivity index (χ4n) is 2.25. The first-order valence-electron chi connectivity index (χ1n) is 6.76. The maximum absolute atomic E-state index is 8.53. The van der Waals surface area contributed by atoms with Crippen molar-refractivity contribution in [1.82, 2.24) is 0 Å². The predicted octanol–water partition coefficient (Wildman–Crippen LogP) is 4.41. The van der Waals surface area contributed by atoms with Crippen molar-refractivity contribution in [2.45, 2.75) is 40.5 Å². The summed E-state index contributed by atoms with van der Waals surface area (Å²) in [7, 11) is 0. The van der Waals surface area contributed by atoms with E-state index < -0.39 is 0 Å². The molecule has 3 N–H and O–H groups in total. The maximum atomic E-state index is 8.53. The number of amidine groups is 1. The second kappa shape index (κ2) is 5.75. The van der Waals surface area contributed by atoms with Crippen LogP contribution in [0.5, 0.6) is 0 Å². The Labute approximate surface area is 124 Å². The molecule has 1 heterocycles. The third-order valence-electron chi connectivity index (χ3n) is 3.57. The number of nitrogens with one attached hydrogen (secondary N) is 1. The third-order valence-corrected chi connectivity index (χ3v) is 4.67. The van der Waals surface area contributed by atoms with Gasteiger partial charge in [0.2, 0.25) is 0 Å². The molecule has 0 radical (unpaired) electrons. The molecule has 3 nitrogen and oxygen atoms in total. The van der Waals surface area contributed by atoms with Crippen molar-refractivity contribution in [1.29, 1.82) is 5.41 Å². The molecule has 0 amide bonds. The number of hydrogen-bond acceptors (Lipinski definition) is 3. The first-order chi connectivity index (χ1) is 9.40. The van der Waals surface area contributed by atoms with E-state index in [4.69, 9.17) is 11.1 Å². The Morgan fingerprint density at radius 3 is 2.50 bits per heavy atom. The Morgan fingerprint density at radius 1 is 1.25 bits per heavy atom. The lowest BCUT2D eigenvalue weighted by atomic mass is 9.92. The van der Waals surface area contributed by atoms with Gasteiger partial charge in [0.25, 0.3) is 0 Å². The number of rotatable bonds is 3. The molecular weight excluding hydrogens is 266 g/mol. The molecule has 0 saturated heterocycles. The number of hydrogen-bond donors (Lipinski definition) is 2. The van der Waals surface area contributed by atoms with Crippen molar-refractivity contribution in [3.05, 3.63) is 39.3 Å². The fourth-order valence-corrected chi connectivity index (χ4v) is 3.34. The fraction of sp³-hybridized carbons (Fsp3) is 0.375. The SMILES string of the molecule is CC1=CC=C(C(=N)c2c(/N=C(\C)N)sc(C)c2C)CC1. The quantitative estimate of drug-likeness (QED) is 0.628. The van der Waals surface area contributed by atoms with Gasteiger partial charge in [0.1, 0.15) is 5.00 Å². The van der Waals surface area contributed by atoms with E-state index in [0.717, 1.165) is 34.5 Å². The topological polar surface area (TPSA) is 62.2 Å². The van der Waals surface area contributed by atoms with Gasteiger partial charge >= 0.3 is 0 Å². The van der Waals surface area contributed by atoms with Gasteiger partial charge < -0.3 is 5.73 Å². The molecule has 1 aliphatic carbocycles. The van der Waals surface area contributed by atoms with Gasteiger partial charge in [0, 0.05) is 10.4 Å². The molecule has 106 valence electrons. The molecule has 0 aromatic carbocycles. The highest BCUT2D eigenvalue weighted by atomic mass is 32.1. The maximum Gasteiger partial charge on any atom is 0.128 e. The van der Waals surface area contributed by atoms with E-state index in [1.807, 2.05) is 0 Å². The van der Waals surface area contributed by atoms with E-state index in [2.05, 4.69) is 37.9 Å². The monoisotopic (exact) mass is 287 g/mol. The molecule has 1 aliphatic rings. The van der Waals surface area contributed by atoms with Crippen LogP contribution < -0.4 is 5.73 Å². The van der Waals surface area contributed by atoms with Crippen molar-refractivity contribution < 1.29 is 0 Å². The van der Waals surface area contributed by atoms with Crippen LogP contribution in [0.25, 0.3) is 0 Å². The number of aliphatic imine (C=N–C) groups is 1. The number of nitrogens with two attached hydrogens (primary N) is 1. The smallest absolute Gasteiger partial charge is 0.128 e. The van der Waals surface area contributed by atoms with Crippen LogP contribution in [0, 0.1) is 19.3 Å². The highest BCUT2D eigenvalue weighted by Gasteiger charge is 2.20. The summed E-state index contributed by atoms with van der Waals surface area (Å²) in [6.45, 7) is 8.04. The molecule has 0 spiro atoms. The van der Waals surface area contributed by atoms with Gasteiger partial charge in [-0.3, -0.25) is 5.41 Å². The van der Waals surface area contributed by atoms with Gasteiger partial charge in [-0.2, -0.15) is 0 Å². The Balaban J connectivity index is 2.47. The van der Waals surface area contributed by atoms with E-state index >= 15 is 0 Å². The van der Waals surface area contributed by atoms with Crippen LogP contribution in [0.3, 0.4) is 0 Å². The summed E-state index contributed by atoms with van der Waals surface area (Å²) in [6.07, 6.45) is 6.14. The molecule has 0 aliphatic heterocycles. The van der Waals surface area contributed by atoms with Crippen LogP contribution in [0.2, 0.25) is 0 Å². The molecule has 4 heteroatoms. The largest absolute Gasteiger partial charge is 0.387 e. The minimum Gasteiger partial charge on any atom is -0.387 e. The van der Waals surface area contributed by atoms with Crippen LogP contribution in [-0.4, -0.2) is 11.5 Å². The van der Waals surface area contributed by atoms with Crippen LogP contribution in [0.1, 0.15) is 42.7 Å². The molecule has 0 unspecified atom stereocenters. The van der Waals surface area contributed by atoms with Gasteiger partial charge in [0.15, 0.2) is 0 Å². The van der Waals surface area contributed by atoms with Crippen LogP contribution in [-0.2, 0) is 0 Å². The third kappa shape index (κ3) is 2.90. The van der Waals surface area contributed by atoms with Gasteiger partial charge in [0.05, 0.1) is 11.5 Å². The second-order valence-electron chi connectivity index (χ2n) is 5.30. The first-order valence-corrected chi connectivity index (χ1v) is 7.58. The summed E-state index contributed by atoms with van der Waals surface area (Å²) in [5, 5.41) is 9.39. The number of aryl methyl sites for hydroxylation is 1. The van der Waals surface area contributed by atoms with Crippen LogP contribution in [0.4, 0.5) is 5.00 Å². The highest BCUT2D eigenvalue weighted by Crippen LogP contribution is 2.37. The molecule has 0 saturated carbocycles. The average molecular weight is 287 g/mol. The Kier molecular flexibility index (Phi) is 4.23. The average Bonchev–Trinajstić information content (AvgIpc) is 2.64. The van der Waals surface area contributed by atoms with E-state index in [0.29, 0.717) is 11.5 Å². The van der Waals surface area contributed by atoms with E-state index in [9.17, 15) is 0 Å². The zero-order valence-corrected chi connectivity index (χ0v) is 13.3. The summed E-state index contributed by atoms with van der Waals surface area (Å²) in [4.78, 5) is 5.60. The Hall–Kier alpha value is -1.68. The summed E-state index contributed by atoms with van der Waals surface area (Å²) in [5.41, 5.74) is 10.8. The number of allylic oxidation sites excluding steroid dienone is 4. The minimum atomic E-state index is 0.536. The molecule has 0 bridgehead atoms. The van der Waals surface area contributed by atoms with E-state index in [1.54, 1.807) is 18.3 Å². The first kappa shape index (κ1) is 14.7. The van der Waals surface area contributed by atoms with E-state index in [1.165, 1.54) is 10.5 Å². The molecule has 1 aromatic heterocycles. The predicted molar refractivity (Wildman–Crippen MR) is 88.7 cm³/mol. The molecule has 0 fully saturated rings.